The van der Waals surface area contributed by atoms with Gasteiger partial charge in [-0.2, -0.15) is 13.2 Å². The van der Waals surface area contributed by atoms with Crippen molar-refractivity contribution in [3.63, 3.8) is 0 Å². The largest absolute Gasteiger partial charge is 0.489 e. The maximum atomic E-state index is 14.6. The van der Waals surface area contributed by atoms with Crippen LogP contribution in [-0.2, 0) is 22.3 Å². The fourth-order valence-electron chi connectivity index (χ4n) is 3.38. The highest BCUT2D eigenvalue weighted by Crippen LogP contribution is 2.35. The monoisotopic (exact) mass is 503 g/mol. The molecule has 0 saturated heterocycles. The quantitative estimate of drug-likeness (QED) is 0.276. The van der Waals surface area contributed by atoms with Crippen LogP contribution in [0.2, 0.25) is 0 Å². The fourth-order valence-corrected chi connectivity index (χ4v) is 3.38. The Bertz CT molecular complexity index is 1220. The van der Waals surface area contributed by atoms with E-state index < -0.39 is 47.1 Å². The van der Waals surface area contributed by atoms with Gasteiger partial charge >= 0.3 is 12.1 Å². The first-order valence-corrected chi connectivity index (χ1v) is 11.0. The summed E-state index contributed by atoms with van der Waals surface area (Å²) >= 11 is 0. The number of amides is 1. The number of carbonyl (C=O) groups is 2. The van der Waals surface area contributed by atoms with Crippen LogP contribution in [0, 0.1) is 5.82 Å². The SMILES string of the molecule is CC(C)(C)OC(=O)CN(C(=O)c1c(F)cccc1C(F)(F)F)c1cccc(OCc2ccccc2)c1. The molecule has 0 bridgehead atoms. The predicted octanol–water partition coefficient (Wildman–Crippen LogP) is 6.41. The molecule has 0 aliphatic heterocycles. The molecule has 0 aliphatic carbocycles. The zero-order valence-electron chi connectivity index (χ0n) is 19.9. The summed E-state index contributed by atoms with van der Waals surface area (Å²) in [6, 6.07) is 17.3. The molecule has 0 spiro atoms. The van der Waals surface area contributed by atoms with Crippen LogP contribution in [0.3, 0.4) is 0 Å². The van der Waals surface area contributed by atoms with E-state index in [2.05, 4.69) is 0 Å². The number of benzene rings is 3. The first kappa shape index (κ1) is 26.7. The molecule has 5 nitrogen and oxygen atoms in total. The molecular weight excluding hydrogens is 478 g/mol. The van der Waals surface area contributed by atoms with Crippen LogP contribution in [0.5, 0.6) is 5.75 Å². The van der Waals surface area contributed by atoms with E-state index in [1.54, 1.807) is 26.8 Å². The van der Waals surface area contributed by atoms with Crippen LogP contribution in [0.25, 0.3) is 0 Å². The van der Waals surface area contributed by atoms with E-state index in [1.165, 1.54) is 18.2 Å². The molecule has 9 heteroatoms. The predicted molar refractivity (Wildman–Crippen MR) is 126 cm³/mol. The lowest BCUT2D eigenvalue weighted by Gasteiger charge is -2.26. The van der Waals surface area contributed by atoms with E-state index in [0.717, 1.165) is 22.6 Å². The van der Waals surface area contributed by atoms with Crippen LogP contribution in [-0.4, -0.2) is 24.0 Å². The Kier molecular flexibility index (Phi) is 8.02. The van der Waals surface area contributed by atoms with Gasteiger partial charge in [-0.15, -0.1) is 0 Å². The Morgan fingerprint density at radius 2 is 1.56 bits per heavy atom. The number of esters is 1. The number of carbonyl (C=O) groups excluding carboxylic acids is 2. The van der Waals surface area contributed by atoms with Gasteiger partial charge in [-0.3, -0.25) is 14.5 Å². The molecule has 3 rings (SSSR count). The molecule has 0 fully saturated rings. The summed E-state index contributed by atoms with van der Waals surface area (Å²) < 4.78 is 66.5. The van der Waals surface area contributed by atoms with Crippen LogP contribution < -0.4 is 9.64 Å². The van der Waals surface area contributed by atoms with Crippen molar-refractivity contribution in [1.82, 2.24) is 0 Å². The third kappa shape index (κ3) is 7.07. The van der Waals surface area contributed by atoms with E-state index in [9.17, 15) is 27.2 Å². The number of hydrogen-bond acceptors (Lipinski definition) is 4. The molecule has 0 radical (unpaired) electrons. The first-order valence-electron chi connectivity index (χ1n) is 11.0. The third-order valence-corrected chi connectivity index (χ3v) is 4.86. The van der Waals surface area contributed by atoms with E-state index in [0.29, 0.717) is 11.8 Å². The Hall–Kier alpha value is -3.88. The van der Waals surface area contributed by atoms with Crippen molar-refractivity contribution in [2.24, 2.45) is 0 Å². The van der Waals surface area contributed by atoms with Crippen molar-refractivity contribution in [1.29, 1.82) is 0 Å². The van der Waals surface area contributed by atoms with Gasteiger partial charge in [0.2, 0.25) is 0 Å². The minimum atomic E-state index is -4.99. The van der Waals surface area contributed by atoms with Gasteiger partial charge in [-0.25, -0.2) is 4.39 Å². The maximum absolute atomic E-state index is 14.6. The van der Waals surface area contributed by atoms with Gasteiger partial charge in [0.25, 0.3) is 5.91 Å². The highest BCUT2D eigenvalue weighted by molar-refractivity contribution is 6.09. The van der Waals surface area contributed by atoms with Crippen molar-refractivity contribution in [3.05, 3.63) is 95.3 Å². The fraction of sp³-hybridized carbons (Fsp3) is 0.259. The Morgan fingerprint density at radius 1 is 0.889 bits per heavy atom. The summed E-state index contributed by atoms with van der Waals surface area (Å²) in [5.41, 5.74) is -2.65. The van der Waals surface area contributed by atoms with Gasteiger partial charge in [0.1, 0.15) is 30.3 Å². The maximum Gasteiger partial charge on any atom is 0.417 e. The number of alkyl halides is 3. The lowest BCUT2D eigenvalue weighted by Crippen LogP contribution is -2.40. The lowest BCUT2D eigenvalue weighted by molar-refractivity contribution is -0.152. The van der Waals surface area contributed by atoms with Gasteiger partial charge in [0.15, 0.2) is 0 Å². The summed E-state index contributed by atoms with van der Waals surface area (Å²) in [5.74, 6) is -3.29. The lowest BCUT2D eigenvalue weighted by atomic mass is 10.0. The summed E-state index contributed by atoms with van der Waals surface area (Å²) in [6.07, 6.45) is -4.99. The van der Waals surface area contributed by atoms with Crippen molar-refractivity contribution < 1.29 is 36.6 Å². The Balaban J connectivity index is 2.00. The van der Waals surface area contributed by atoms with Crippen molar-refractivity contribution in [2.45, 2.75) is 39.2 Å². The second kappa shape index (κ2) is 10.8. The molecule has 0 N–H and O–H groups in total. The summed E-state index contributed by atoms with van der Waals surface area (Å²) in [6.45, 7) is 4.26. The van der Waals surface area contributed by atoms with Gasteiger partial charge in [0.05, 0.1) is 11.1 Å². The highest BCUT2D eigenvalue weighted by atomic mass is 19.4. The number of nitrogens with zero attached hydrogens (tertiary/aromatic N) is 1. The van der Waals surface area contributed by atoms with Crippen molar-refractivity contribution >= 4 is 17.6 Å². The third-order valence-electron chi connectivity index (χ3n) is 4.86. The van der Waals surface area contributed by atoms with Crippen LogP contribution >= 0.6 is 0 Å². The average Bonchev–Trinajstić information content (AvgIpc) is 2.80. The Labute approximate surface area is 206 Å². The normalized spacial score (nSPS) is 11.6. The van der Waals surface area contributed by atoms with Gasteiger partial charge in [-0.05, 0) is 50.6 Å². The summed E-state index contributed by atoms with van der Waals surface area (Å²) in [7, 11) is 0. The van der Waals surface area contributed by atoms with Crippen LogP contribution in [0.4, 0.5) is 23.2 Å². The molecule has 0 unspecified atom stereocenters. The van der Waals surface area contributed by atoms with Crippen LogP contribution in [0.1, 0.15) is 42.3 Å². The second-order valence-corrected chi connectivity index (χ2v) is 8.91. The molecule has 0 saturated carbocycles. The number of halogens is 4. The van der Waals surface area contributed by atoms with E-state index in [-0.39, 0.29) is 12.3 Å². The number of hydrogen-bond donors (Lipinski definition) is 0. The molecule has 36 heavy (non-hydrogen) atoms. The smallest absolute Gasteiger partial charge is 0.417 e. The minimum absolute atomic E-state index is 0.0350. The molecule has 0 heterocycles. The number of ether oxygens (including phenoxy) is 2. The van der Waals surface area contributed by atoms with E-state index in [4.69, 9.17) is 9.47 Å². The second-order valence-electron chi connectivity index (χ2n) is 8.91. The van der Waals surface area contributed by atoms with Gasteiger partial charge < -0.3 is 9.47 Å². The van der Waals surface area contributed by atoms with Gasteiger partial charge in [-0.1, -0.05) is 42.5 Å². The molecule has 190 valence electrons. The van der Waals surface area contributed by atoms with Crippen molar-refractivity contribution in [2.75, 3.05) is 11.4 Å². The molecule has 3 aromatic rings. The molecule has 0 aromatic heterocycles. The summed E-state index contributed by atoms with van der Waals surface area (Å²) in [4.78, 5) is 26.7. The topological polar surface area (TPSA) is 55.8 Å². The first-order chi connectivity index (χ1) is 16.8. The standard InChI is InChI=1S/C27H25F4NO4/c1-26(2,3)36-23(33)16-32(25(34)24-21(27(29,30)31)13-8-14-22(24)28)19-11-7-12-20(15-19)35-17-18-9-5-4-6-10-18/h4-15H,16-17H2,1-3H3. The molecular formula is C27H25F4NO4. The van der Waals surface area contributed by atoms with E-state index in [1.807, 2.05) is 30.3 Å². The minimum Gasteiger partial charge on any atom is -0.489 e. The zero-order valence-corrected chi connectivity index (χ0v) is 19.9. The molecule has 3 aromatic carbocycles. The number of anilines is 1. The molecule has 1 amide bonds. The van der Waals surface area contributed by atoms with Crippen molar-refractivity contribution in [3.8, 4) is 5.75 Å². The van der Waals surface area contributed by atoms with Crippen LogP contribution in [0.15, 0.2) is 72.8 Å². The zero-order chi connectivity index (χ0) is 26.5. The Morgan fingerprint density at radius 3 is 2.19 bits per heavy atom. The van der Waals surface area contributed by atoms with Gasteiger partial charge in [0, 0.05) is 11.8 Å². The average molecular weight is 503 g/mol. The van der Waals surface area contributed by atoms with E-state index >= 15 is 0 Å². The molecule has 0 atom stereocenters. The molecule has 0 aliphatic rings. The summed E-state index contributed by atoms with van der Waals surface area (Å²) in [5, 5.41) is 0. The number of rotatable bonds is 7. The highest BCUT2D eigenvalue weighted by Gasteiger charge is 2.39.